The summed E-state index contributed by atoms with van der Waals surface area (Å²) < 4.78 is 50.0. The number of halogens is 3. The molecule has 0 radical (unpaired) electrons. The van der Waals surface area contributed by atoms with Crippen LogP contribution in [0.3, 0.4) is 0 Å². The third kappa shape index (κ3) is 4.63. The largest absolute Gasteiger partial charge is 0.474 e. The van der Waals surface area contributed by atoms with Crippen molar-refractivity contribution in [3.8, 4) is 11.9 Å². The normalized spacial score (nSPS) is 17.9. The van der Waals surface area contributed by atoms with Gasteiger partial charge in [-0.1, -0.05) is 6.92 Å². The molecule has 0 bridgehead atoms. The number of rotatable bonds is 7. The smallest absolute Gasteiger partial charge is 0.271 e. The Hall–Kier alpha value is -3.82. The second-order valence-corrected chi connectivity index (χ2v) is 11.0. The van der Waals surface area contributed by atoms with Gasteiger partial charge in [0.1, 0.15) is 23.5 Å². The van der Waals surface area contributed by atoms with Gasteiger partial charge in [0, 0.05) is 24.6 Å². The number of carbonyl (C=O) groups excluding carboxylic acids is 1. The van der Waals surface area contributed by atoms with Gasteiger partial charge in [-0.25, -0.2) is 18.2 Å². The van der Waals surface area contributed by atoms with E-state index in [4.69, 9.17) is 17.0 Å². The number of amides is 1. The van der Waals surface area contributed by atoms with Crippen LogP contribution in [0.4, 0.5) is 24.5 Å². The molecule has 40 heavy (non-hydrogen) atoms. The predicted molar refractivity (Wildman–Crippen MR) is 146 cm³/mol. The number of aliphatic hydroxyl groups is 1. The lowest BCUT2D eigenvalue weighted by Crippen LogP contribution is -2.44. The maximum Gasteiger partial charge on any atom is 0.271 e. The highest BCUT2D eigenvalue weighted by Crippen LogP contribution is 2.41. The Kier molecular flexibility index (Phi) is 6.51. The Morgan fingerprint density at radius 3 is 2.50 bits per heavy atom. The predicted octanol–water partition coefficient (Wildman–Crippen LogP) is 5.14. The molecular weight excluding hydrogens is 543 g/mol. The lowest BCUT2D eigenvalue weighted by Gasteiger charge is -2.29. The highest BCUT2D eigenvalue weighted by molar-refractivity contribution is 7.81. The quantitative estimate of drug-likeness (QED) is 0.391. The number of hydrogen-bond acceptors (Lipinski definition) is 7. The van der Waals surface area contributed by atoms with Crippen LogP contribution < -0.4 is 14.5 Å². The zero-order valence-corrected chi connectivity index (χ0v) is 23.1. The van der Waals surface area contributed by atoms with Crippen molar-refractivity contribution in [3.05, 3.63) is 53.1 Å². The molecule has 8 nitrogen and oxygen atoms in total. The van der Waals surface area contributed by atoms with Gasteiger partial charge in [0.2, 0.25) is 5.88 Å². The highest BCUT2D eigenvalue weighted by Gasteiger charge is 2.51. The number of aryl methyl sites for hydroxylation is 1. The lowest BCUT2D eigenvalue weighted by molar-refractivity contribution is -0.120. The van der Waals surface area contributed by atoms with E-state index in [0.29, 0.717) is 32.0 Å². The monoisotopic (exact) mass is 569 g/mol. The van der Waals surface area contributed by atoms with Crippen LogP contribution >= 0.6 is 12.2 Å². The summed E-state index contributed by atoms with van der Waals surface area (Å²) in [6.07, 6.45) is 1.60. The molecule has 1 saturated heterocycles. The van der Waals surface area contributed by atoms with Gasteiger partial charge in [-0.3, -0.25) is 9.69 Å². The molecular formula is C28H26F3N5O3S. The van der Waals surface area contributed by atoms with E-state index in [9.17, 15) is 23.9 Å². The molecule has 2 fully saturated rings. The summed E-state index contributed by atoms with van der Waals surface area (Å²) in [6, 6.07) is 8.14. The number of aromatic nitrogens is 2. The molecule has 2 aliphatic rings. The first kappa shape index (κ1) is 27.7. The maximum atomic E-state index is 15.6. The fourth-order valence-electron chi connectivity index (χ4n) is 4.67. The van der Waals surface area contributed by atoms with Crippen molar-refractivity contribution in [2.45, 2.75) is 64.0 Å². The number of fused-ring (bicyclic) bond motifs is 1. The number of alkyl halides is 2. The Morgan fingerprint density at radius 1 is 1.20 bits per heavy atom. The van der Waals surface area contributed by atoms with E-state index >= 15 is 4.39 Å². The zero-order chi connectivity index (χ0) is 29.2. The third-order valence-corrected chi connectivity index (χ3v) is 7.52. The van der Waals surface area contributed by atoms with Gasteiger partial charge < -0.3 is 14.7 Å². The van der Waals surface area contributed by atoms with Gasteiger partial charge in [-0.05, 0) is 69.2 Å². The highest BCUT2D eigenvalue weighted by atomic mass is 32.1. The Labute approximate surface area is 234 Å². The van der Waals surface area contributed by atoms with Crippen LogP contribution in [-0.2, 0) is 17.1 Å². The van der Waals surface area contributed by atoms with Crippen molar-refractivity contribution < 1.29 is 27.8 Å². The number of thiocarbonyl (C=S) groups is 1. The van der Waals surface area contributed by atoms with E-state index in [1.807, 2.05) is 6.92 Å². The minimum atomic E-state index is -3.34. The molecule has 1 aliphatic heterocycles. The molecule has 0 unspecified atom stereocenters. The van der Waals surface area contributed by atoms with Gasteiger partial charge in [0.05, 0.1) is 28.3 Å². The van der Waals surface area contributed by atoms with Crippen LogP contribution in [0, 0.1) is 17.1 Å². The SMILES string of the molecule is CCc1nc(OCC2(O)CC2)c2cc(N3C(=S)N(c4ccc(C#N)c(C(C)(F)F)c4)C(=O)C3(C)C)cc(F)c2n1. The summed E-state index contributed by atoms with van der Waals surface area (Å²) >= 11 is 5.66. The standard InChI is InChI=1S/C28H26F3N5O3S/c1-5-21-33-22-18(23(34-21)39-14-28(38)8-9-28)10-17(12-20(22)29)36-25(40)35(24(37)26(36,2)3)16-7-6-15(13-32)19(11-16)27(4,30)31/h6-7,10-12,38H,5,8-9,14H2,1-4H3. The molecule has 3 aromatic rings. The molecule has 1 amide bonds. The number of anilines is 2. The molecule has 0 spiro atoms. The summed E-state index contributed by atoms with van der Waals surface area (Å²) in [4.78, 5) is 24.9. The zero-order valence-electron chi connectivity index (χ0n) is 22.3. The Bertz CT molecular complexity index is 1610. The van der Waals surface area contributed by atoms with Crippen LogP contribution in [0.2, 0.25) is 0 Å². The fraction of sp³-hybridized carbons (Fsp3) is 0.393. The van der Waals surface area contributed by atoms with E-state index < -0.39 is 34.4 Å². The molecule has 5 rings (SSSR count). The lowest BCUT2D eigenvalue weighted by atomic mass is 10.0. The summed E-state index contributed by atoms with van der Waals surface area (Å²) in [5.41, 5.74) is -2.78. The number of nitriles is 1. The minimum absolute atomic E-state index is 0.0152. The number of ether oxygens (including phenoxy) is 1. The first-order valence-electron chi connectivity index (χ1n) is 12.7. The summed E-state index contributed by atoms with van der Waals surface area (Å²) in [7, 11) is 0. The van der Waals surface area contributed by atoms with Crippen LogP contribution in [-0.4, -0.2) is 43.8 Å². The number of hydrogen-bond donors (Lipinski definition) is 1. The fourth-order valence-corrected chi connectivity index (χ4v) is 5.19. The average molecular weight is 570 g/mol. The molecule has 1 aliphatic carbocycles. The molecule has 208 valence electrons. The van der Waals surface area contributed by atoms with Crippen LogP contribution in [0.5, 0.6) is 5.88 Å². The van der Waals surface area contributed by atoms with Crippen molar-refractivity contribution in [2.75, 3.05) is 16.4 Å². The minimum Gasteiger partial charge on any atom is -0.474 e. The number of nitrogens with zero attached hydrogens (tertiary/aromatic N) is 5. The molecule has 2 aromatic carbocycles. The maximum absolute atomic E-state index is 15.6. The number of benzene rings is 2. The van der Waals surface area contributed by atoms with Crippen molar-refractivity contribution in [2.24, 2.45) is 0 Å². The second-order valence-electron chi connectivity index (χ2n) is 10.7. The molecule has 0 atom stereocenters. The first-order valence-corrected chi connectivity index (χ1v) is 13.1. The van der Waals surface area contributed by atoms with E-state index in [1.165, 1.54) is 23.1 Å². The summed E-state index contributed by atoms with van der Waals surface area (Å²) in [6.45, 7) is 5.63. The Balaban J connectivity index is 1.61. The summed E-state index contributed by atoms with van der Waals surface area (Å²) in [5.74, 6) is -4.12. The van der Waals surface area contributed by atoms with Crippen molar-refractivity contribution in [1.29, 1.82) is 5.26 Å². The molecule has 1 N–H and O–H groups in total. The molecule has 12 heteroatoms. The average Bonchev–Trinajstić information content (AvgIpc) is 3.60. The van der Waals surface area contributed by atoms with E-state index in [-0.39, 0.29) is 45.4 Å². The first-order chi connectivity index (χ1) is 18.7. The second kappa shape index (κ2) is 9.38. The van der Waals surface area contributed by atoms with Crippen molar-refractivity contribution >= 4 is 45.5 Å². The van der Waals surface area contributed by atoms with Crippen molar-refractivity contribution in [1.82, 2.24) is 9.97 Å². The van der Waals surface area contributed by atoms with E-state index in [0.717, 1.165) is 11.0 Å². The molecule has 2 heterocycles. The van der Waals surface area contributed by atoms with Gasteiger partial charge in [0.25, 0.3) is 11.8 Å². The van der Waals surface area contributed by atoms with Gasteiger partial charge in [-0.2, -0.15) is 10.2 Å². The van der Waals surface area contributed by atoms with Gasteiger partial charge in [0.15, 0.2) is 10.9 Å². The van der Waals surface area contributed by atoms with Crippen molar-refractivity contribution in [3.63, 3.8) is 0 Å². The summed E-state index contributed by atoms with van der Waals surface area (Å²) in [5, 5.41) is 19.7. The van der Waals surface area contributed by atoms with Gasteiger partial charge >= 0.3 is 0 Å². The van der Waals surface area contributed by atoms with Crippen LogP contribution in [0.25, 0.3) is 10.9 Å². The number of carbonyl (C=O) groups is 1. The van der Waals surface area contributed by atoms with E-state index in [2.05, 4.69) is 9.97 Å². The van der Waals surface area contributed by atoms with E-state index in [1.54, 1.807) is 26.0 Å². The molecule has 1 aromatic heterocycles. The van der Waals surface area contributed by atoms with Gasteiger partial charge in [-0.15, -0.1) is 0 Å². The third-order valence-electron chi connectivity index (χ3n) is 7.15. The molecule has 1 saturated carbocycles. The topological polar surface area (TPSA) is 103 Å². The van der Waals surface area contributed by atoms with Crippen LogP contribution in [0.15, 0.2) is 30.3 Å². The van der Waals surface area contributed by atoms with Crippen LogP contribution in [0.1, 0.15) is 57.5 Å². The Morgan fingerprint density at radius 2 is 1.90 bits per heavy atom.